The van der Waals surface area contributed by atoms with Gasteiger partial charge in [-0.1, -0.05) is 36.8 Å². The summed E-state index contributed by atoms with van der Waals surface area (Å²) in [6.07, 6.45) is 16.5. The lowest BCUT2D eigenvalue weighted by Crippen LogP contribution is -2.04. The zero-order chi connectivity index (χ0) is 10.1. The predicted octanol–water partition coefficient (Wildman–Crippen LogP) is 4.85. The van der Waals surface area contributed by atoms with Crippen molar-refractivity contribution < 1.29 is 0 Å². The van der Waals surface area contributed by atoms with E-state index in [-0.39, 0.29) is 0 Å². The minimum Gasteiger partial charge on any atom is -0.0676 e. The molecule has 0 spiro atoms. The van der Waals surface area contributed by atoms with E-state index in [0.29, 0.717) is 0 Å². The van der Waals surface area contributed by atoms with Gasteiger partial charge in [0.2, 0.25) is 0 Å². The lowest BCUT2D eigenvalue weighted by Gasteiger charge is -2.18. The van der Waals surface area contributed by atoms with Gasteiger partial charge in [-0.2, -0.15) is 0 Å². The van der Waals surface area contributed by atoms with Crippen LogP contribution in [-0.2, 0) is 0 Å². The molecule has 0 bridgehead atoms. The molecule has 0 aromatic carbocycles. The molecule has 0 heteroatoms. The summed E-state index contributed by atoms with van der Waals surface area (Å²) >= 11 is 0. The molecule has 0 atom stereocenters. The highest BCUT2D eigenvalue weighted by Gasteiger charge is 2.30. The molecule has 0 N–H and O–H groups in total. The molecule has 3 aliphatic rings. The summed E-state index contributed by atoms with van der Waals surface area (Å²) in [6.45, 7) is 0. The molecule has 0 aliphatic heterocycles. The Bertz CT molecular complexity index is 223. The molecule has 0 amide bonds. The quantitative estimate of drug-likeness (QED) is 0.564. The van der Waals surface area contributed by atoms with Crippen molar-refractivity contribution >= 4 is 0 Å². The Morgan fingerprint density at radius 2 is 0.933 bits per heavy atom. The predicted molar refractivity (Wildman–Crippen MR) is 64.8 cm³/mol. The lowest BCUT2D eigenvalue weighted by molar-refractivity contribution is 0.582. The van der Waals surface area contributed by atoms with Crippen molar-refractivity contribution in [3.63, 3.8) is 0 Å². The fourth-order valence-corrected chi connectivity index (χ4v) is 4.27. The Morgan fingerprint density at radius 1 is 0.533 bits per heavy atom. The highest BCUT2D eigenvalue weighted by atomic mass is 14.4. The fourth-order valence-electron chi connectivity index (χ4n) is 4.27. The minimum atomic E-state index is 1.03. The zero-order valence-electron chi connectivity index (χ0n) is 9.93. The van der Waals surface area contributed by atoms with E-state index < -0.39 is 0 Å². The molecule has 84 valence electrons. The van der Waals surface area contributed by atoms with E-state index in [1.807, 2.05) is 11.1 Å². The smallest absolute Gasteiger partial charge is 0.0200 e. The van der Waals surface area contributed by atoms with Crippen LogP contribution in [0.15, 0.2) is 11.1 Å². The van der Waals surface area contributed by atoms with Gasteiger partial charge >= 0.3 is 0 Å². The van der Waals surface area contributed by atoms with Crippen LogP contribution >= 0.6 is 0 Å². The fraction of sp³-hybridized carbons (Fsp3) is 0.867. The second kappa shape index (κ2) is 4.31. The van der Waals surface area contributed by atoms with Crippen LogP contribution < -0.4 is 0 Å². The summed E-state index contributed by atoms with van der Waals surface area (Å²) in [5.74, 6) is 2.06. The van der Waals surface area contributed by atoms with Crippen molar-refractivity contribution in [3.05, 3.63) is 11.1 Å². The topological polar surface area (TPSA) is 0 Å². The van der Waals surface area contributed by atoms with Crippen molar-refractivity contribution in [2.24, 2.45) is 11.8 Å². The van der Waals surface area contributed by atoms with Crippen molar-refractivity contribution in [3.8, 4) is 0 Å². The largest absolute Gasteiger partial charge is 0.0676 e. The summed E-state index contributed by atoms with van der Waals surface area (Å²) in [4.78, 5) is 0. The monoisotopic (exact) mass is 204 g/mol. The molecule has 0 unspecified atom stereocenters. The van der Waals surface area contributed by atoms with Crippen LogP contribution in [0.5, 0.6) is 0 Å². The third-order valence-electron chi connectivity index (χ3n) is 5.00. The Morgan fingerprint density at radius 3 is 1.33 bits per heavy atom. The van der Waals surface area contributed by atoms with Gasteiger partial charge in [0.1, 0.15) is 0 Å². The number of rotatable bonds is 2. The number of hydrogen-bond acceptors (Lipinski definition) is 0. The SMILES string of the molecule is C1CC(C2CCCC2)=C(C2CCCC2)C1. The van der Waals surface area contributed by atoms with Gasteiger partial charge in [-0.3, -0.25) is 0 Å². The van der Waals surface area contributed by atoms with Gasteiger partial charge in [0.15, 0.2) is 0 Å². The van der Waals surface area contributed by atoms with Gasteiger partial charge in [0.25, 0.3) is 0 Å². The van der Waals surface area contributed by atoms with Gasteiger partial charge in [-0.15, -0.1) is 0 Å². The van der Waals surface area contributed by atoms with Crippen molar-refractivity contribution in [1.82, 2.24) is 0 Å². The van der Waals surface area contributed by atoms with E-state index >= 15 is 0 Å². The standard InChI is InChI=1S/C15H24/c1-2-7-12(6-1)14-10-5-11-15(14)13-8-3-4-9-13/h12-13H,1-11H2. The van der Waals surface area contributed by atoms with E-state index in [9.17, 15) is 0 Å². The molecule has 2 fully saturated rings. The second-order valence-corrected chi connectivity index (χ2v) is 5.87. The molecule has 0 radical (unpaired) electrons. The molecular weight excluding hydrogens is 180 g/mol. The van der Waals surface area contributed by atoms with Gasteiger partial charge in [-0.25, -0.2) is 0 Å². The van der Waals surface area contributed by atoms with E-state index in [2.05, 4.69) is 0 Å². The molecule has 0 aromatic rings. The zero-order valence-corrected chi connectivity index (χ0v) is 9.93. The average Bonchev–Trinajstić information content (AvgIpc) is 3.01. The first-order chi connectivity index (χ1) is 7.45. The van der Waals surface area contributed by atoms with Crippen LogP contribution in [0.1, 0.15) is 70.6 Å². The van der Waals surface area contributed by atoms with Crippen LogP contribution in [-0.4, -0.2) is 0 Å². The van der Waals surface area contributed by atoms with Gasteiger partial charge in [0.05, 0.1) is 0 Å². The van der Waals surface area contributed by atoms with Crippen LogP contribution in [0.2, 0.25) is 0 Å². The molecule has 0 heterocycles. The lowest BCUT2D eigenvalue weighted by atomic mass is 9.87. The summed E-state index contributed by atoms with van der Waals surface area (Å²) in [6, 6.07) is 0. The number of hydrogen-bond donors (Lipinski definition) is 0. The molecule has 15 heavy (non-hydrogen) atoms. The average molecular weight is 204 g/mol. The molecule has 0 nitrogen and oxygen atoms in total. The molecule has 2 saturated carbocycles. The Kier molecular flexibility index (Phi) is 2.86. The summed E-state index contributed by atoms with van der Waals surface area (Å²) < 4.78 is 0. The Hall–Kier alpha value is -0.260. The molecule has 0 saturated heterocycles. The van der Waals surface area contributed by atoms with Gasteiger partial charge in [-0.05, 0) is 56.8 Å². The summed E-state index contributed by atoms with van der Waals surface area (Å²) in [5.41, 5.74) is 3.92. The highest BCUT2D eigenvalue weighted by molar-refractivity contribution is 5.25. The first-order valence-electron chi connectivity index (χ1n) is 7.17. The van der Waals surface area contributed by atoms with E-state index in [0.717, 1.165) is 11.8 Å². The first-order valence-corrected chi connectivity index (χ1v) is 7.17. The maximum Gasteiger partial charge on any atom is -0.0200 e. The van der Waals surface area contributed by atoms with Crippen LogP contribution in [0.3, 0.4) is 0 Å². The van der Waals surface area contributed by atoms with Crippen molar-refractivity contribution in [2.45, 2.75) is 70.6 Å². The minimum absolute atomic E-state index is 1.03. The highest BCUT2D eigenvalue weighted by Crippen LogP contribution is 2.45. The van der Waals surface area contributed by atoms with Gasteiger partial charge < -0.3 is 0 Å². The normalized spacial score (nSPS) is 29.6. The van der Waals surface area contributed by atoms with Crippen LogP contribution in [0.4, 0.5) is 0 Å². The number of allylic oxidation sites excluding steroid dienone is 2. The Labute approximate surface area is 94.1 Å². The van der Waals surface area contributed by atoms with E-state index in [4.69, 9.17) is 0 Å². The summed E-state index contributed by atoms with van der Waals surface area (Å²) in [5, 5.41) is 0. The molecule has 3 rings (SSSR count). The third-order valence-corrected chi connectivity index (χ3v) is 5.00. The first kappa shape index (κ1) is 9.93. The van der Waals surface area contributed by atoms with E-state index in [1.54, 1.807) is 0 Å². The van der Waals surface area contributed by atoms with E-state index in [1.165, 1.54) is 70.6 Å². The summed E-state index contributed by atoms with van der Waals surface area (Å²) in [7, 11) is 0. The van der Waals surface area contributed by atoms with Crippen LogP contribution in [0, 0.1) is 11.8 Å². The van der Waals surface area contributed by atoms with Crippen molar-refractivity contribution in [2.75, 3.05) is 0 Å². The maximum absolute atomic E-state index is 1.96. The van der Waals surface area contributed by atoms with Crippen LogP contribution in [0.25, 0.3) is 0 Å². The molecule has 3 aliphatic carbocycles. The van der Waals surface area contributed by atoms with Crippen molar-refractivity contribution in [1.29, 1.82) is 0 Å². The third kappa shape index (κ3) is 1.88. The molecule has 0 aromatic heterocycles. The molecular formula is C15H24. The van der Waals surface area contributed by atoms with Gasteiger partial charge in [0, 0.05) is 0 Å². The Balaban J connectivity index is 1.79. The second-order valence-electron chi connectivity index (χ2n) is 5.87. The maximum atomic E-state index is 1.96.